The normalized spacial score (nSPS) is 9.64. The highest BCUT2D eigenvalue weighted by atomic mass is 16.5. The maximum absolute atomic E-state index is 8.04. The van der Waals surface area contributed by atoms with Crippen molar-refractivity contribution in [3.8, 4) is 5.75 Å². The Bertz CT molecular complexity index is 326. The van der Waals surface area contributed by atoms with Crippen LogP contribution in [0.2, 0.25) is 0 Å². The lowest BCUT2D eigenvalue weighted by Crippen LogP contribution is -1.93. The molecular weight excluding hydrogens is 178 g/mol. The maximum atomic E-state index is 8.04. The molecule has 0 amide bonds. The Balaban J connectivity index is 2.59. The number of hydrogen-bond donors (Lipinski definition) is 0. The molecule has 4 nitrogen and oxygen atoms in total. The third kappa shape index (κ3) is 2.99. The van der Waals surface area contributed by atoms with Gasteiger partial charge in [0.2, 0.25) is 0 Å². The van der Waals surface area contributed by atoms with E-state index in [1.807, 2.05) is 24.3 Å². The third-order valence-electron chi connectivity index (χ3n) is 1.90. The van der Waals surface area contributed by atoms with Crippen molar-refractivity contribution in [2.45, 2.75) is 19.8 Å². The molecule has 0 heterocycles. The van der Waals surface area contributed by atoms with Gasteiger partial charge in [0, 0.05) is 4.91 Å². The Morgan fingerprint density at radius 2 is 2.00 bits per heavy atom. The van der Waals surface area contributed by atoms with E-state index < -0.39 is 0 Å². The van der Waals surface area contributed by atoms with E-state index in [2.05, 4.69) is 23.9 Å². The summed E-state index contributed by atoms with van der Waals surface area (Å²) in [5.74, 6) is 1.24. The van der Waals surface area contributed by atoms with E-state index in [0.717, 1.165) is 5.75 Å². The summed E-state index contributed by atoms with van der Waals surface area (Å²) in [4.78, 5) is 2.60. The second-order valence-corrected chi connectivity index (χ2v) is 3.23. The van der Waals surface area contributed by atoms with Crippen molar-refractivity contribution in [1.29, 1.82) is 0 Å². The van der Waals surface area contributed by atoms with Gasteiger partial charge in [-0.25, -0.2) is 0 Å². The van der Waals surface area contributed by atoms with Crippen LogP contribution in [0.4, 0.5) is 0 Å². The summed E-state index contributed by atoms with van der Waals surface area (Å²) in [5.41, 5.74) is 9.30. The number of nitrogens with zero attached hydrogens (tertiary/aromatic N) is 3. The average molecular weight is 191 g/mol. The van der Waals surface area contributed by atoms with Crippen LogP contribution in [0.15, 0.2) is 29.4 Å². The monoisotopic (exact) mass is 191 g/mol. The van der Waals surface area contributed by atoms with E-state index in [9.17, 15) is 0 Å². The van der Waals surface area contributed by atoms with E-state index in [4.69, 9.17) is 10.3 Å². The van der Waals surface area contributed by atoms with Crippen molar-refractivity contribution in [2.75, 3.05) is 6.73 Å². The van der Waals surface area contributed by atoms with Gasteiger partial charge >= 0.3 is 0 Å². The van der Waals surface area contributed by atoms with Gasteiger partial charge in [-0.2, -0.15) is 0 Å². The molecule has 0 aliphatic heterocycles. The minimum Gasteiger partial charge on any atom is -0.488 e. The Morgan fingerprint density at radius 3 is 2.50 bits per heavy atom. The van der Waals surface area contributed by atoms with Gasteiger partial charge in [0.25, 0.3) is 0 Å². The van der Waals surface area contributed by atoms with Crippen LogP contribution in [-0.2, 0) is 0 Å². The number of rotatable bonds is 4. The van der Waals surface area contributed by atoms with Crippen LogP contribution < -0.4 is 4.74 Å². The Kier molecular flexibility index (Phi) is 3.83. The molecule has 0 spiro atoms. The number of ether oxygens (including phenoxy) is 1. The van der Waals surface area contributed by atoms with E-state index >= 15 is 0 Å². The van der Waals surface area contributed by atoms with Crippen LogP contribution >= 0.6 is 0 Å². The molecule has 1 aromatic carbocycles. The zero-order valence-corrected chi connectivity index (χ0v) is 8.34. The maximum Gasteiger partial charge on any atom is 0.167 e. The van der Waals surface area contributed by atoms with Crippen LogP contribution in [0.5, 0.6) is 5.75 Å². The smallest absolute Gasteiger partial charge is 0.167 e. The average Bonchev–Trinajstić information content (AvgIpc) is 2.19. The second kappa shape index (κ2) is 5.14. The van der Waals surface area contributed by atoms with Crippen LogP contribution in [0.25, 0.3) is 10.4 Å². The van der Waals surface area contributed by atoms with Crippen LogP contribution in [0.3, 0.4) is 0 Å². The zero-order chi connectivity index (χ0) is 10.4. The summed E-state index contributed by atoms with van der Waals surface area (Å²) in [6, 6.07) is 7.77. The number of azide groups is 1. The number of hydrogen-bond acceptors (Lipinski definition) is 2. The van der Waals surface area contributed by atoms with E-state index in [1.165, 1.54) is 5.56 Å². The fraction of sp³-hybridized carbons (Fsp3) is 0.400. The van der Waals surface area contributed by atoms with E-state index in [1.54, 1.807) is 0 Å². The molecule has 0 atom stereocenters. The first-order valence-corrected chi connectivity index (χ1v) is 4.47. The highest BCUT2D eigenvalue weighted by Gasteiger charge is 1.98. The molecule has 0 aromatic heterocycles. The topological polar surface area (TPSA) is 58.0 Å². The first-order valence-electron chi connectivity index (χ1n) is 4.47. The van der Waals surface area contributed by atoms with Gasteiger partial charge in [-0.05, 0) is 29.1 Å². The molecule has 0 saturated heterocycles. The molecular formula is C10H13N3O. The summed E-state index contributed by atoms with van der Waals surface area (Å²) in [6.45, 7) is 4.31. The molecule has 0 bridgehead atoms. The molecule has 1 rings (SSSR count). The van der Waals surface area contributed by atoms with Crippen molar-refractivity contribution in [2.24, 2.45) is 5.11 Å². The van der Waals surface area contributed by atoms with Crippen molar-refractivity contribution in [3.63, 3.8) is 0 Å². The van der Waals surface area contributed by atoms with Crippen LogP contribution in [-0.4, -0.2) is 6.73 Å². The molecule has 0 aliphatic carbocycles. The zero-order valence-electron chi connectivity index (χ0n) is 8.34. The SMILES string of the molecule is CC(C)c1ccc(OCN=[N+]=[N-])cc1. The minimum absolute atomic E-state index is 0.0392. The van der Waals surface area contributed by atoms with Crippen LogP contribution in [0.1, 0.15) is 25.3 Å². The molecule has 0 fully saturated rings. The van der Waals surface area contributed by atoms with Crippen molar-refractivity contribution in [3.05, 3.63) is 40.3 Å². The summed E-state index contributed by atoms with van der Waals surface area (Å²) >= 11 is 0. The van der Waals surface area contributed by atoms with Gasteiger partial charge in [0.15, 0.2) is 6.73 Å². The van der Waals surface area contributed by atoms with Gasteiger partial charge in [0.1, 0.15) is 5.75 Å². The van der Waals surface area contributed by atoms with Gasteiger partial charge in [-0.1, -0.05) is 31.1 Å². The molecule has 74 valence electrons. The first kappa shape index (κ1) is 10.4. The lowest BCUT2D eigenvalue weighted by atomic mass is 10.0. The van der Waals surface area contributed by atoms with E-state index in [-0.39, 0.29) is 6.73 Å². The van der Waals surface area contributed by atoms with Gasteiger partial charge in [-0.3, -0.25) is 0 Å². The predicted octanol–water partition coefficient (Wildman–Crippen LogP) is 3.46. The van der Waals surface area contributed by atoms with Gasteiger partial charge in [-0.15, -0.1) is 0 Å². The fourth-order valence-corrected chi connectivity index (χ4v) is 1.08. The third-order valence-corrected chi connectivity index (χ3v) is 1.90. The lowest BCUT2D eigenvalue weighted by molar-refractivity contribution is 0.329. The van der Waals surface area contributed by atoms with Gasteiger partial charge in [0.05, 0.1) is 0 Å². The summed E-state index contributed by atoms with van der Waals surface area (Å²) in [6.07, 6.45) is 0. The minimum atomic E-state index is 0.0392. The molecule has 14 heavy (non-hydrogen) atoms. The Morgan fingerprint density at radius 1 is 1.36 bits per heavy atom. The highest BCUT2D eigenvalue weighted by molar-refractivity contribution is 5.28. The lowest BCUT2D eigenvalue weighted by Gasteiger charge is -2.06. The first-order chi connectivity index (χ1) is 6.74. The standard InChI is InChI=1S/C10H13N3O/c1-8(2)9-3-5-10(6-4-9)14-7-12-13-11/h3-6,8H,7H2,1-2H3. The Labute approximate surface area is 83.1 Å². The number of benzene rings is 1. The molecule has 1 aromatic rings. The molecule has 0 aliphatic rings. The molecule has 0 N–H and O–H groups in total. The van der Waals surface area contributed by atoms with Crippen molar-refractivity contribution >= 4 is 0 Å². The summed E-state index contributed by atoms with van der Waals surface area (Å²) in [5, 5.41) is 3.28. The summed E-state index contributed by atoms with van der Waals surface area (Å²) in [7, 11) is 0. The van der Waals surface area contributed by atoms with Crippen LogP contribution in [0, 0.1) is 0 Å². The van der Waals surface area contributed by atoms with Gasteiger partial charge < -0.3 is 4.74 Å². The van der Waals surface area contributed by atoms with Crippen molar-refractivity contribution < 1.29 is 4.74 Å². The predicted molar refractivity (Wildman–Crippen MR) is 55.2 cm³/mol. The van der Waals surface area contributed by atoms with E-state index in [0.29, 0.717) is 5.92 Å². The molecule has 4 heteroatoms. The highest BCUT2D eigenvalue weighted by Crippen LogP contribution is 2.18. The largest absolute Gasteiger partial charge is 0.488 e. The quantitative estimate of drug-likeness (QED) is 0.408. The fourth-order valence-electron chi connectivity index (χ4n) is 1.08. The molecule has 0 saturated carbocycles. The summed E-state index contributed by atoms with van der Waals surface area (Å²) < 4.78 is 5.16. The van der Waals surface area contributed by atoms with Crippen molar-refractivity contribution in [1.82, 2.24) is 0 Å². The molecule has 0 unspecified atom stereocenters. The molecule has 0 radical (unpaired) electrons. The second-order valence-electron chi connectivity index (χ2n) is 3.23. The Hall–Kier alpha value is -1.67.